The summed E-state index contributed by atoms with van der Waals surface area (Å²) in [6, 6.07) is 7.82. The molecule has 2 aromatic heterocycles. The van der Waals surface area contributed by atoms with Crippen LogP contribution in [-0.4, -0.2) is 31.8 Å². The van der Waals surface area contributed by atoms with Crippen molar-refractivity contribution in [3.8, 4) is 11.4 Å². The molecule has 6 nitrogen and oxygen atoms in total. The Bertz CT molecular complexity index is 770. The molecule has 0 bridgehead atoms. The van der Waals surface area contributed by atoms with Crippen molar-refractivity contribution >= 4 is 27.3 Å². The van der Waals surface area contributed by atoms with E-state index in [1.807, 2.05) is 43.5 Å². The van der Waals surface area contributed by atoms with Gasteiger partial charge in [-0.05, 0) is 43.3 Å². The van der Waals surface area contributed by atoms with Crippen molar-refractivity contribution in [2.75, 3.05) is 6.61 Å². The summed E-state index contributed by atoms with van der Waals surface area (Å²) in [6.07, 6.45) is 0.0146. The monoisotopic (exact) mass is 393 g/mol. The largest absolute Gasteiger partial charge is 0.372 e. The molecule has 0 saturated carbocycles. The van der Waals surface area contributed by atoms with Crippen LogP contribution >= 0.6 is 27.3 Å². The molecule has 23 heavy (non-hydrogen) atoms. The van der Waals surface area contributed by atoms with E-state index < -0.39 is 0 Å². The maximum Gasteiger partial charge on any atom is 0.204 e. The summed E-state index contributed by atoms with van der Waals surface area (Å²) >= 11 is 5.00. The van der Waals surface area contributed by atoms with Crippen molar-refractivity contribution in [1.82, 2.24) is 25.2 Å². The smallest absolute Gasteiger partial charge is 0.204 e. The first-order chi connectivity index (χ1) is 11.2. The molecule has 120 valence electrons. The number of rotatable bonds is 6. The van der Waals surface area contributed by atoms with Crippen molar-refractivity contribution in [2.24, 2.45) is 0 Å². The molecule has 8 heteroatoms. The standard InChI is InChI=1S/C15H16BrN5OS/c1-3-22-10(2)15-17-13(9-23-15)8-21-19-14(18-20-21)11-4-6-12(16)7-5-11/h4-7,9-10H,3,8H2,1-2H3. The zero-order valence-electron chi connectivity index (χ0n) is 12.8. The second-order valence-corrected chi connectivity index (χ2v) is 6.73. The van der Waals surface area contributed by atoms with Gasteiger partial charge in [0.2, 0.25) is 5.82 Å². The average Bonchev–Trinajstić information content (AvgIpc) is 3.18. The van der Waals surface area contributed by atoms with E-state index in [0.29, 0.717) is 19.0 Å². The van der Waals surface area contributed by atoms with Crippen LogP contribution in [0, 0.1) is 0 Å². The number of thiazole rings is 1. The number of nitrogens with zero attached hydrogens (tertiary/aromatic N) is 5. The van der Waals surface area contributed by atoms with Crippen LogP contribution in [0.4, 0.5) is 0 Å². The van der Waals surface area contributed by atoms with Crippen LogP contribution in [0.25, 0.3) is 11.4 Å². The van der Waals surface area contributed by atoms with E-state index in [9.17, 15) is 0 Å². The van der Waals surface area contributed by atoms with Gasteiger partial charge >= 0.3 is 0 Å². The maximum absolute atomic E-state index is 5.56. The van der Waals surface area contributed by atoms with Gasteiger partial charge in [0, 0.05) is 22.0 Å². The van der Waals surface area contributed by atoms with Crippen LogP contribution < -0.4 is 0 Å². The first-order valence-electron chi connectivity index (χ1n) is 7.25. The fourth-order valence-corrected chi connectivity index (χ4v) is 3.15. The highest BCUT2D eigenvalue weighted by Gasteiger charge is 2.12. The van der Waals surface area contributed by atoms with Crippen molar-refractivity contribution in [2.45, 2.75) is 26.5 Å². The number of halogens is 1. The van der Waals surface area contributed by atoms with Crippen LogP contribution in [-0.2, 0) is 11.3 Å². The van der Waals surface area contributed by atoms with Crippen molar-refractivity contribution < 1.29 is 4.74 Å². The fraction of sp³-hybridized carbons (Fsp3) is 0.333. The lowest BCUT2D eigenvalue weighted by molar-refractivity contribution is 0.0761. The fourth-order valence-electron chi connectivity index (χ4n) is 2.07. The summed E-state index contributed by atoms with van der Waals surface area (Å²) < 4.78 is 6.58. The summed E-state index contributed by atoms with van der Waals surface area (Å²) in [5.74, 6) is 0.607. The predicted octanol–water partition coefficient (Wildman–Crippen LogP) is 3.70. The van der Waals surface area contributed by atoms with Crippen LogP contribution in [0.2, 0.25) is 0 Å². The third-order valence-corrected chi connectivity index (χ3v) is 4.78. The number of hydrogen-bond donors (Lipinski definition) is 0. The molecular formula is C15H16BrN5OS. The first kappa shape index (κ1) is 16.2. The van der Waals surface area contributed by atoms with Crippen LogP contribution in [0.5, 0.6) is 0 Å². The number of aromatic nitrogens is 5. The Kier molecular flexibility index (Phi) is 5.14. The lowest BCUT2D eigenvalue weighted by Crippen LogP contribution is -2.05. The third-order valence-electron chi connectivity index (χ3n) is 3.19. The normalized spacial score (nSPS) is 12.5. The third kappa shape index (κ3) is 4.01. The van der Waals surface area contributed by atoms with Gasteiger partial charge < -0.3 is 4.74 Å². The Balaban J connectivity index is 1.70. The van der Waals surface area contributed by atoms with E-state index in [1.54, 1.807) is 16.1 Å². The van der Waals surface area contributed by atoms with E-state index in [1.165, 1.54) is 0 Å². The van der Waals surface area contributed by atoms with Crippen molar-refractivity contribution in [3.63, 3.8) is 0 Å². The van der Waals surface area contributed by atoms with Gasteiger partial charge in [-0.1, -0.05) is 15.9 Å². The number of ether oxygens (including phenoxy) is 1. The summed E-state index contributed by atoms with van der Waals surface area (Å²) in [7, 11) is 0. The molecular weight excluding hydrogens is 378 g/mol. The maximum atomic E-state index is 5.56. The second-order valence-electron chi connectivity index (χ2n) is 4.92. The van der Waals surface area contributed by atoms with E-state index in [4.69, 9.17) is 4.74 Å². The average molecular weight is 394 g/mol. The molecule has 0 aliphatic carbocycles. The van der Waals surface area contributed by atoms with E-state index in [2.05, 4.69) is 36.3 Å². The van der Waals surface area contributed by atoms with E-state index >= 15 is 0 Å². The molecule has 0 radical (unpaired) electrons. The summed E-state index contributed by atoms with van der Waals surface area (Å²) in [6.45, 7) is 5.16. The quantitative estimate of drug-likeness (QED) is 0.638. The molecule has 1 atom stereocenters. The number of hydrogen-bond acceptors (Lipinski definition) is 6. The van der Waals surface area contributed by atoms with Gasteiger partial charge in [-0.15, -0.1) is 21.5 Å². The Morgan fingerprint density at radius 1 is 1.30 bits per heavy atom. The van der Waals surface area contributed by atoms with Gasteiger partial charge in [0.25, 0.3) is 0 Å². The highest BCUT2D eigenvalue weighted by molar-refractivity contribution is 9.10. The molecule has 3 rings (SSSR count). The molecule has 3 aromatic rings. The van der Waals surface area contributed by atoms with Crippen LogP contribution in [0.15, 0.2) is 34.1 Å². The molecule has 2 heterocycles. The van der Waals surface area contributed by atoms with E-state index in [0.717, 1.165) is 20.7 Å². The first-order valence-corrected chi connectivity index (χ1v) is 8.92. The molecule has 0 amide bonds. The van der Waals surface area contributed by atoms with Gasteiger partial charge in [0.05, 0.1) is 5.69 Å². The van der Waals surface area contributed by atoms with Crippen LogP contribution in [0.3, 0.4) is 0 Å². The van der Waals surface area contributed by atoms with Gasteiger partial charge in [-0.25, -0.2) is 4.98 Å². The number of tetrazole rings is 1. The summed E-state index contributed by atoms with van der Waals surface area (Å²) in [5, 5.41) is 15.6. The second kappa shape index (κ2) is 7.29. The van der Waals surface area contributed by atoms with Crippen molar-refractivity contribution in [3.05, 3.63) is 44.8 Å². The van der Waals surface area contributed by atoms with Crippen LogP contribution in [0.1, 0.15) is 30.7 Å². The van der Waals surface area contributed by atoms with Gasteiger partial charge in [0.15, 0.2) is 0 Å². The van der Waals surface area contributed by atoms with Gasteiger partial charge in [-0.2, -0.15) is 4.80 Å². The molecule has 1 aromatic carbocycles. The van der Waals surface area contributed by atoms with E-state index in [-0.39, 0.29) is 6.10 Å². The minimum Gasteiger partial charge on any atom is -0.372 e. The SMILES string of the molecule is CCOC(C)c1nc(Cn2nnc(-c3ccc(Br)cc3)n2)cs1. The minimum absolute atomic E-state index is 0.0146. The lowest BCUT2D eigenvalue weighted by Gasteiger charge is -2.06. The highest BCUT2D eigenvalue weighted by atomic mass is 79.9. The lowest BCUT2D eigenvalue weighted by atomic mass is 10.2. The number of benzene rings is 1. The predicted molar refractivity (Wildman–Crippen MR) is 92.2 cm³/mol. The summed E-state index contributed by atoms with van der Waals surface area (Å²) in [4.78, 5) is 6.13. The topological polar surface area (TPSA) is 65.7 Å². The summed E-state index contributed by atoms with van der Waals surface area (Å²) in [5.41, 5.74) is 1.85. The zero-order chi connectivity index (χ0) is 16.2. The Labute approximate surface area is 146 Å². The molecule has 1 unspecified atom stereocenters. The molecule has 0 aliphatic rings. The Hall–Kier alpha value is -1.64. The minimum atomic E-state index is 0.0146. The Morgan fingerprint density at radius 3 is 2.83 bits per heavy atom. The molecule has 0 fully saturated rings. The van der Waals surface area contributed by atoms with Gasteiger partial charge in [-0.3, -0.25) is 0 Å². The molecule has 0 aliphatic heterocycles. The molecule has 0 saturated heterocycles. The molecule has 0 spiro atoms. The Morgan fingerprint density at radius 2 is 2.09 bits per heavy atom. The van der Waals surface area contributed by atoms with Crippen molar-refractivity contribution in [1.29, 1.82) is 0 Å². The zero-order valence-corrected chi connectivity index (χ0v) is 15.2. The van der Waals surface area contributed by atoms with Gasteiger partial charge in [0.1, 0.15) is 17.7 Å². The highest BCUT2D eigenvalue weighted by Crippen LogP contribution is 2.21. The molecule has 0 N–H and O–H groups in total.